The van der Waals surface area contributed by atoms with Crippen LogP contribution in [0.15, 0.2) is 0 Å². The van der Waals surface area contributed by atoms with Crippen molar-refractivity contribution in [2.24, 2.45) is 0 Å². The van der Waals surface area contributed by atoms with Crippen LogP contribution in [0, 0.1) is 0 Å². The molecule has 2 aliphatic heterocycles. The summed E-state index contributed by atoms with van der Waals surface area (Å²) in [6.45, 7) is 9.00. The molecule has 0 amide bonds. The summed E-state index contributed by atoms with van der Waals surface area (Å²) in [5.41, 5.74) is 0. The highest BCUT2D eigenvalue weighted by molar-refractivity contribution is 5.74. The van der Waals surface area contributed by atoms with Crippen LogP contribution in [-0.2, 0) is 38.4 Å². The molecule has 2 fully saturated rings. The number of carboxylic acids is 8. The molecule has 0 radical (unpaired) electrons. The molecular formula is C47H78N10O16-8. The number of nitrogens with one attached hydrogen (secondary N) is 2. The summed E-state index contributed by atoms with van der Waals surface area (Å²) in [5, 5.41) is 105. The molecule has 8 unspecified atom stereocenters. The number of rotatable bonds is 28. The second-order valence-electron chi connectivity index (χ2n) is 18.5. The Labute approximate surface area is 428 Å². The van der Waals surface area contributed by atoms with E-state index in [2.05, 4.69) is 10.6 Å². The number of hydrogen-bond acceptors (Lipinski definition) is 26. The maximum Gasteiger partial charge on any atom is 0.0620 e. The van der Waals surface area contributed by atoms with Crippen LogP contribution < -0.4 is 51.5 Å². The van der Waals surface area contributed by atoms with Gasteiger partial charge < -0.3 is 89.8 Å². The van der Waals surface area contributed by atoms with E-state index in [4.69, 9.17) is 0 Å². The molecule has 0 aliphatic carbocycles. The van der Waals surface area contributed by atoms with Gasteiger partial charge in [-0.1, -0.05) is 41.5 Å². The average molecular weight is 1040 g/mol. The van der Waals surface area contributed by atoms with E-state index in [-0.39, 0.29) is 163 Å². The summed E-state index contributed by atoms with van der Waals surface area (Å²) in [7, 11) is 0. The lowest BCUT2D eigenvalue weighted by molar-refractivity contribution is -0.315. The molecule has 2 aliphatic rings. The molecule has 0 aromatic carbocycles. The van der Waals surface area contributed by atoms with Gasteiger partial charge in [0, 0.05) is 161 Å². The Morgan fingerprint density at radius 1 is 0.274 bits per heavy atom. The number of carbonyl (C=O) groups excluding carboxylic acids is 8. The van der Waals surface area contributed by atoms with Gasteiger partial charge in [0.25, 0.3) is 0 Å². The van der Waals surface area contributed by atoms with E-state index in [1.54, 1.807) is 70.9 Å². The second-order valence-corrected chi connectivity index (χ2v) is 18.5. The van der Waals surface area contributed by atoms with Gasteiger partial charge in [-0.2, -0.15) is 0 Å². The fraction of sp³-hybridized carbons (Fsp3) is 0.830. The van der Waals surface area contributed by atoms with Crippen molar-refractivity contribution in [3.8, 4) is 0 Å². The Morgan fingerprint density at radius 3 is 0.507 bits per heavy atom. The smallest absolute Gasteiger partial charge is 0.0620 e. The lowest BCUT2D eigenvalue weighted by Crippen LogP contribution is -2.61. The first kappa shape index (κ1) is 64.5. The Bertz CT molecular complexity index is 1570. The zero-order valence-electron chi connectivity index (χ0n) is 43.4. The van der Waals surface area contributed by atoms with Gasteiger partial charge in [0.2, 0.25) is 0 Å². The van der Waals surface area contributed by atoms with Crippen molar-refractivity contribution in [3.05, 3.63) is 0 Å². The lowest BCUT2D eigenvalue weighted by atomic mass is 10.1. The monoisotopic (exact) mass is 1040 g/mol. The van der Waals surface area contributed by atoms with Gasteiger partial charge >= 0.3 is 0 Å². The summed E-state index contributed by atoms with van der Waals surface area (Å²) in [5.74, 6) is -11.3. The molecule has 73 heavy (non-hydrogen) atoms. The third kappa shape index (κ3) is 20.2. The molecule has 2 rings (SSSR count). The Balaban J connectivity index is 2.44. The largest absolute Gasteiger partial charge is 0.548 e. The molecule has 0 aromatic heterocycles. The van der Waals surface area contributed by atoms with Crippen LogP contribution in [-0.4, -0.2) is 260 Å². The highest BCUT2D eigenvalue weighted by Crippen LogP contribution is 2.16. The molecule has 0 saturated carbocycles. The van der Waals surface area contributed by atoms with Gasteiger partial charge in [-0.3, -0.25) is 39.2 Å². The normalized spacial score (nSPS) is 21.6. The van der Waals surface area contributed by atoms with Gasteiger partial charge in [0.05, 0.1) is 59.8 Å². The quantitative estimate of drug-likeness (QED) is 0.0543. The van der Waals surface area contributed by atoms with E-state index in [1.165, 1.54) is 9.80 Å². The van der Waals surface area contributed by atoms with E-state index < -0.39 is 96.1 Å². The van der Waals surface area contributed by atoms with Crippen molar-refractivity contribution in [3.63, 3.8) is 0 Å². The number of carbonyl (C=O) groups is 8. The van der Waals surface area contributed by atoms with Gasteiger partial charge in [0.15, 0.2) is 0 Å². The van der Waals surface area contributed by atoms with Crippen molar-refractivity contribution in [1.29, 1.82) is 0 Å². The molecule has 420 valence electrons. The van der Waals surface area contributed by atoms with E-state index in [1.807, 2.05) is 0 Å². The van der Waals surface area contributed by atoms with Gasteiger partial charge in [0.1, 0.15) is 0 Å². The molecule has 0 spiro atoms. The van der Waals surface area contributed by atoms with Crippen LogP contribution in [0.4, 0.5) is 0 Å². The molecule has 2 N–H and O–H groups in total. The number of nitrogens with zero attached hydrogens (tertiary/aromatic N) is 8. The summed E-state index contributed by atoms with van der Waals surface area (Å²) in [4.78, 5) is 112. The molecule has 0 aromatic rings. The molecule has 26 heteroatoms. The van der Waals surface area contributed by atoms with Crippen LogP contribution in [0.2, 0.25) is 0 Å². The first-order valence-corrected chi connectivity index (χ1v) is 25.6. The lowest BCUT2D eigenvalue weighted by Gasteiger charge is -2.42. The van der Waals surface area contributed by atoms with Gasteiger partial charge in [-0.25, -0.2) is 0 Å². The average Bonchev–Trinajstić information content (AvgIpc) is 3.31. The highest BCUT2D eigenvalue weighted by atomic mass is 16.4. The van der Waals surface area contributed by atoms with E-state index in [0.717, 1.165) is 0 Å². The van der Waals surface area contributed by atoms with Gasteiger partial charge in [-0.15, -0.1) is 0 Å². The molecular weight excluding hydrogens is 961 g/mol. The van der Waals surface area contributed by atoms with Crippen LogP contribution in [0.1, 0.15) is 80.1 Å². The predicted molar refractivity (Wildman–Crippen MR) is 246 cm³/mol. The molecule has 2 saturated heterocycles. The van der Waals surface area contributed by atoms with Crippen LogP contribution in [0.3, 0.4) is 0 Å². The zero-order chi connectivity index (χ0) is 54.9. The van der Waals surface area contributed by atoms with Crippen LogP contribution in [0.25, 0.3) is 0 Å². The Kier molecular flexibility index (Phi) is 29.4. The van der Waals surface area contributed by atoms with Crippen molar-refractivity contribution in [2.45, 2.75) is 128 Å². The molecule has 8 atom stereocenters. The van der Waals surface area contributed by atoms with Crippen LogP contribution in [0.5, 0.6) is 0 Å². The third-order valence-electron chi connectivity index (χ3n) is 14.3. The topological polar surface area (TPSA) is 371 Å². The summed E-state index contributed by atoms with van der Waals surface area (Å²) in [6, 6.07) is -9.43. The van der Waals surface area contributed by atoms with Crippen molar-refractivity contribution in [2.75, 3.05) is 124 Å². The fourth-order valence-electron chi connectivity index (χ4n) is 10.1. The highest BCUT2D eigenvalue weighted by Gasteiger charge is 2.31. The standard InChI is InChI=1S/C47H86N10O16/c1-7-32(40(58)59)50-13-17-52(34(9-3)42(62)63)21-25-56(26-22-53(18-14-50)35(10-4)43(64)65)38(46(70)71)29-48-31-49-30-39(47(72)73)57-27-23-54(36(11-5)44(66)67)19-15-51(33(8-2)41(60)61)16-20-55(24-28-57)37(12-6)45(68)69/h32-39,48-49H,7-31H2,1-6H3,(H,58,59)(H,60,61)(H,62,63)(H,64,65)(H,66,67)(H,68,69)(H,70,71)(H,72,73)/p-8. The number of carboxylic acid groups (broad SMARTS) is 8. The first-order chi connectivity index (χ1) is 34.6. The SMILES string of the molecule is CCC(C(=O)[O-])N1CCN(C(CC)C(=O)[O-])CCN(C(CNCNCC(C(=O)[O-])N2CCN(C(CC)C(=O)[O-])CCN(C(CC)C(=O)[O-])CCN(C(CC)C(=O)[O-])CC2)C(=O)[O-])CCN(C(CC)C(=O)[O-])CC1. The number of hydrogen-bond donors (Lipinski definition) is 2. The second kappa shape index (κ2) is 33.3. The van der Waals surface area contributed by atoms with Crippen LogP contribution >= 0.6 is 0 Å². The minimum absolute atomic E-state index is 0.0264. The Hall–Kier alpha value is -4.64. The van der Waals surface area contributed by atoms with E-state index >= 15 is 0 Å². The zero-order valence-corrected chi connectivity index (χ0v) is 43.4. The van der Waals surface area contributed by atoms with Crippen molar-refractivity contribution >= 4 is 47.8 Å². The first-order valence-electron chi connectivity index (χ1n) is 25.6. The Morgan fingerprint density at radius 2 is 0.397 bits per heavy atom. The van der Waals surface area contributed by atoms with E-state index in [0.29, 0.717) is 0 Å². The van der Waals surface area contributed by atoms with Crippen molar-refractivity contribution in [1.82, 2.24) is 49.8 Å². The summed E-state index contributed by atoms with van der Waals surface area (Å²) >= 11 is 0. The number of aliphatic carboxylic acids is 8. The fourth-order valence-corrected chi connectivity index (χ4v) is 10.1. The maximum atomic E-state index is 12.9. The minimum atomic E-state index is -1.53. The summed E-state index contributed by atoms with van der Waals surface area (Å²) < 4.78 is 0. The molecule has 2 heterocycles. The maximum absolute atomic E-state index is 12.9. The third-order valence-corrected chi connectivity index (χ3v) is 14.3. The van der Waals surface area contributed by atoms with Crippen molar-refractivity contribution < 1.29 is 79.2 Å². The minimum Gasteiger partial charge on any atom is -0.548 e. The molecule has 0 bridgehead atoms. The predicted octanol–water partition coefficient (Wildman–Crippen LogP) is -12.0. The molecule has 26 nitrogen and oxygen atoms in total. The van der Waals surface area contributed by atoms with E-state index in [9.17, 15) is 79.2 Å². The summed E-state index contributed by atoms with van der Waals surface area (Å²) in [6.07, 6.45) is 0.741. The van der Waals surface area contributed by atoms with Gasteiger partial charge in [-0.05, 0) is 38.5 Å².